The molecular weight excluding hydrogens is 204 g/mol. The normalized spacial score (nSPS) is 27.0. The van der Waals surface area contributed by atoms with Crippen LogP contribution in [0.2, 0.25) is 0 Å². The van der Waals surface area contributed by atoms with Crippen molar-refractivity contribution in [2.75, 3.05) is 6.54 Å². The van der Waals surface area contributed by atoms with E-state index in [0.29, 0.717) is 6.54 Å². The van der Waals surface area contributed by atoms with Gasteiger partial charge in [-0.2, -0.15) is 0 Å². The molecule has 1 aliphatic heterocycles. The van der Waals surface area contributed by atoms with Gasteiger partial charge in [0.05, 0.1) is 0 Å². The third-order valence-corrected chi connectivity index (χ3v) is 3.82. The van der Waals surface area contributed by atoms with E-state index in [1.54, 1.807) is 4.90 Å². The summed E-state index contributed by atoms with van der Waals surface area (Å²) >= 11 is 0. The number of primary amides is 1. The van der Waals surface area contributed by atoms with Gasteiger partial charge in [-0.3, -0.25) is 9.59 Å². The lowest BCUT2D eigenvalue weighted by atomic mass is 9.88. The monoisotopic (exact) mass is 224 g/mol. The van der Waals surface area contributed by atoms with Crippen LogP contribution in [0, 0.1) is 5.92 Å². The topological polar surface area (TPSA) is 63.4 Å². The zero-order chi connectivity index (χ0) is 11.5. The maximum absolute atomic E-state index is 12.2. The highest BCUT2D eigenvalue weighted by Crippen LogP contribution is 2.28. The van der Waals surface area contributed by atoms with Crippen LogP contribution in [0.25, 0.3) is 0 Å². The van der Waals surface area contributed by atoms with Gasteiger partial charge in [0.25, 0.3) is 0 Å². The highest BCUT2D eigenvalue weighted by molar-refractivity contribution is 5.88. The van der Waals surface area contributed by atoms with Crippen LogP contribution in [-0.2, 0) is 9.59 Å². The lowest BCUT2D eigenvalue weighted by Gasteiger charge is -2.29. The number of rotatable bonds is 2. The predicted octanol–water partition coefficient (Wildman–Crippen LogP) is 1.04. The molecule has 2 N–H and O–H groups in total. The Morgan fingerprint density at radius 3 is 2.31 bits per heavy atom. The van der Waals surface area contributed by atoms with Crippen LogP contribution in [0.5, 0.6) is 0 Å². The number of carbonyl (C=O) groups is 2. The average molecular weight is 224 g/mol. The minimum atomic E-state index is -0.346. The van der Waals surface area contributed by atoms with E-state index in [-0.39, 0.29) is 23.8 Å². The van der Waals surface area contributed by atoms with E-state index in [0.717, 1.165) is 38.5 Å². The summed E-state index contributed by atoms with van der Waals surface area (Å²) in [7, 11) is 0. The van der Waals surface area contributed by atoms with Crippen molar-refractivity contribution in [1.29, 1.82) is 0 Å². The maximum Gasteiger partial charge on any atom is 0.240 e. The Hall–Kier alpha value is -1.06. The van der Waals surface area contributed by atoms with E-state index in [2.05, 4.69) is 0 Å². The number of nitrogens with two attached hydrogens (primary N) is 1. The largest absolute Gasteiger partial charge is 0.368 e. The van der Waals surface area contributed by atoms with E-state index in [9.17, 15) is 9.59 Å². The molecule has 1 saturated carbocycles. The Balaban J connectivity index is 1.99. The Bertz CT molecular complexity index is 285. The molecule has 16 heavy (non-hydrogen) atoms. The fourth-order valence-electron chi connectivity index (χ4n) is 2.91. The molecule has 0 aromatic carbocycles. The summed E-state index contributed by atoms with van der Waals surface area (Å²) in [5, 5.41) is 0. The molecule has 1 saturated heterocycles. The minimum absolute atomic E-state index is 0.147. The van der Waals surface area contributed by atoms with Crippen molar-refractivity contribution in [3.8, 4) is 0 Å². The fraction of sp³-hybridized carbons (Fsp3) is 0.833. The van der Waals surface area contributed by atoms with E-state index in [1.165, 1.54) is 6.42 Å². The van der Waals surface area contributed by atoms with Crippen molar-refractivity contribution in [3.63, 3.8) is 0 Å². The van der Waals surface area contributed by atoms with E-state index in [4.69, 9.17) is 5.73 Å². The van der Waals surface area contributed by atoms with Gasteiger partial charge in [-0.05, 0) is 25.7 Å². The SMILES string of the molecule is NC(=O)C1CCCN1C(=O)C1CCCCC1. The molecule has 1 aliphatic carbocycles. The van der Waals surface area contributed by atoms with Crippen LogP contribution in [0.3, 0.4) is 0 Å². The standard InChI is InChI=1S/C12H20N2O2/c13-11(15)10-7-4-8-14(10)12(16)9-5-2-1-3-6-9/h9-10H,1-8H2,(H2,13,15). The molecule has 0 radical (unpaired) electrons. The summed E-state index contributed by atoms with van der Waals surface area (Å²) < 4.78 is 0. The predicted molar refractivity (Wildman–Crippen MR) is 60.5 cm³/mol. The molecule has 2 amide bonds. The quantitative estimate of drug-likeness (QED) is 0.761. The lowest BCUT2D eigenvalue weighted by Crippen LogP contribution is -2.46. The van der Waals surface area contributed by atoms with Crippen molar-refractivity contribution in [3.05, 3.63) is 0 Å². The molecular formula is C12H20N2O2. The van der Waals surface area contributed by atoms with Crippen LogP contribution >= 0.6 is 0 Å². The molecule has 2 aliphatic rings. The Morgan fingerprint density at radius 1 is 1.00 bits per heavy atom. The molecule has 2 rings (SSSR count). The summed E-state index contributed by atoms with van der Waals surface area (Å²) in [6, 6.07) is -0.338. The number of likely N-dealkylation sites (tertiary alicyclic amines) is 1. The minimum Gasteiger partial charge on any atom is -0.368 e. The third kappa shape index (κ3) is 2.20. The van der Waals surface area contributed by atoms with Gasteiger partial charge in [0.2, 0.25) is 11.8 Å². The van der Waals surface area contributed by atoms with Gasteiger partial charge in [0.1, 0.15) is 6.04 Å². The first kappa shape index (κ1) is 11.4. The van der Waals surface area contributed by atoms with Crippen molar-refractivity contribution < 1.29 is 9.59 Å². The number of hydrogen-bond donors (Lipinski definition) is 1. The van der Waals surface area contributed by atoms with Crippen LogP contribution in [0.4, 0.5) is 0 Å². The van der Waals surface area contributed by atoms with Crippen LogP contribution in [0.15, 0.2) is 0 Å². The van der Waals surface area contributed by atoms with Gasteiger partial charge in [-0.1, -0.05) is 19.3 Å². The molecule has 0 aromatic heterocycles. The maximum atomic E-state index is 12.2. The van der Waals surface area contributed by atoms with Gasteiger partial charge in [-0.25, -0.2) is 0 Å². The fourth-order valence-corrected chi connectivity index (χ4v) is 2.91. The van der Waals surface area contributed by atoms with Crippen LogP contribution in [-0.4, -0.2) is 29.3 Å². The zero-order valence-corrected chi connectivity index (χ0v) is 9.65. The number of nitrogens with zero attached hydrogens (tertiary/aromatic N) is 1. The molecule has 1 atom stereocenters. The van der Waals surface area contributed by atoms with Crippen molar-refractivity contribution >= 4 is 11.8 Å². The first-order valence-electron chi connectivity index (χ1n) is 6.30. The highest BCUT2D eigenvalue weighted by Gasteiger charge is 2.36. The van der Waals surface area contributed by atoms with Gasteiger partial charge >= 0.3 is 0 Å². The average Bonchev–Trinajstić information content (AvgIpc) is 2.78. The lowest BCUT2D eigenvalue weighted by molar-refractivity contribution is -0.141. The van der Waals surface area contributed by atoms with Crippen molar-refractivity contribution in [1.82, 2.24) is 4.90 Å². The molecule has 0 bridgehead atoms. The first-order chi connectivity index (χ1) is 7.70. The van der Waals surface area contributed by atoms with Crippen molar-refractivity contribution in [2.24, 2.45) is 11.7 Å². The summed E-state index contributed by atoms with van der Waals surface area (Å²) in [6.07, 6.45) is 7.15. The Labute approximate surface area is 96.2 Å². The summed E-state index contributed by atoms with van der Waals surface area (Å²) in [5.74, 6) is -0.0311. The number of carbonyl (C=O) groups excluding carboxylic acids is 2. The molecule has 4 nitrogen and oxygen atoms in total. The summed E-state index contributed by atoms with van der Waals surface area (Å²) in [4.78, 5) is 25.2. The second-order valence-corrected chi connectivity index (χ2v) is 4.93. The van der Waals surface area contributed by atoms with Gasteiger partial charge in [0.15, 0.2) is 0 Å². The second kappa shape index (κ2) is 4.85. The molecule has 90 valence electrons. The number of hydrogen-bond acceptors (Lipinski definition) is 2. The Kier molecular flexibility index (Phi) is 3.46. The van der Waals surface area contributed by atoms with Gasteiger partial charge in [0, 0.05) is 12.5 Å². The highest BCUT2D eigenvalue weighted by atomic mass is 16.2. The molecule has 1 unspecified atom stereocenters. The van der Waals surface area contributed by atoms with E-state index in [1.807, 2.05) is 0 Å². The van der Waals surface area contributed by atoms with Crippen LogP contribution in [0.1, 0.15) is 44.9 Å². The summed E-state index contributed by atoms with van der Waals surface area (Å²) in [5.41, 5.74) is 5.32. The van der Waals surface area contributed by atoms with E-state index >= 15 is 0 Å². The van der Waals surface area contributed by atoms with E-state index < -0.39 is 0 Å². The molecule has 1 heterocycles. The molecule has 2 fully saturated rings. The summed E-state index contributed by atoms with van der Waals surface area (Å²) in [6.45, 7) is 0.711. The first-order valence-corrected chi connectivity index (χ1v) is 6.30. The van der Waals surface area contributed by atoms with Gasteiger partial charge in [-0.15, -0.1) is 0 Å². The second-order valence-electron chi connectivity index (χ2n) is 4.93. The molecule has 0 aromatic rings. The number of amides is 2. The smallest absolute Gasteiger partial charge is 0.240 e. The molecule has 4 heteroatoms. The van der Waals surface area contributed by atoms with Crippen molar-refractivity contribution in [2.45, 2.75) is 51.0 Å². The third-order valence-electron chi connectivity index (χ3n) is 3.82. The molecule has 0 spiro atoms. The zero-order valence-electron chi connectivity index (χ0n) is 9.65. The van der Waals surface area contributed by atoms with Crippen LogP contribution < -0.4 is 5.73 Å². The van der Waals surface area contributed by atoms with Gasteiger partial charge < -0.3 is 10.6 Å². The Morgan fingerprint density at radius 2 is 1.69 bits per heavy atom.